The van der Waals surface area contributed by atoms with E-state index in [2.05, 4.69) is 25.6 Å². The number of amides is 1. The molecule has 2 aromatic heterocycles. The first-order valence-corrected chi connectivity index (χ1v) is 11.3. The highest BCUT2D eigenvalue weighted by atomic mass is 35.5. The maximum Gasteiger partial charge on any atom is 0.257 e. The summed E-state index contributed by atoms with van der Waals surface area (Å²) < 4.78 is 5.84. The molecular weight excluding hydrogens is 452 g/mol. The van der Waals surface area contributed by atoms with E-state index in [4.69, 9.17) is 4.74 Å². The van der Waals surface area contributed by atoms with E-state index in [9.17, 15) is 4.79 Å². The Kier molecular flexibility index (Phi) is 8.65. The molecule has 1 aromatic carbocycles. The number of nitrogens with one attached hydrogen (secondary N) is 2. The zero-order valence-electron chi connectivity index (χ0n) is 19.7. The number of hydrogen-bond donors (Lipinski definition) is 2. The van der Waals surface area contributed by atoms with E-state index in [0.717, 1.165) is 37.1 Å². The van der Waals surface area contributed by atoms with Crippen molar-refractivity contribution in [1.29, 1.82) is 0 Å². The molecule has 1 aliphatic carbocycles. The SMILES string of the molecule is Cc1cnc(N[C@H]2CC[C@@H](NC(=O)c3cccnc3Oc3ccccc3)CC2)nc1N(C)C.Cl. The molecule has 0 atom stereocenters. The van der Waals surface area contributed by atoms with Crippen LogP contribution in [-0.2, 0) is 0 Å². The summed E-state index contributed by atoms with van der Waals surface area (Å²) >= 11 is 0. The van der Waals surface area contributed by atoms with Crippen LogP contribution in [0.3, 0.4) is 0 Å². The Balaban J connectivity index is 0.00000324. The first-order valence-electron chi connectivity index (χ1n) is 11.3. The summed E-state index contributed by atoms with van der Waals surface area (Å²) in [6.07, 6.45) is 7.09. The van der Waals surface area contributed by atoms with Crippen molar-refractivity contribution in [2.24, 2.45) is 0 Å². The van der Waals surface area contributed by atoms with Gasteiger partial charge in [0.1, 0.15) is 17.1 Å². The van der Waals surface area contributed by atoms with Crippen molar-refractivity contribution in [3.63, 3.8) is 0 Å². The number of benzene rings is 1. The maximum absolute atomic E-state index is 13.0. The van der Waals surface area contributed by atoms with Crippen molar-refractivity contribution >= 4 is 30.1 Å². The zero-order chi connectivity index (χ0) is 23.2. The van der Waals surface area contributed by atoms with Crippen molar-refractivity contribution in [3.05, 3.63) is 66.0 Å². The number of rotatable bonds is 7. The second-order valence-electron chi connectivity index (χ2n) is 8.53. The lowest BCUT2D eigenvalue weighted by Crippen LogP contribution is -2.40. The summed E-state index contributed by atoms with van der Waals surface area (Å²) in [7, 11) is 3.96. The third kappa shape index (κ3) is 6.35. The molecule has 2 heterocycles. The van der Waals surface area contributed by atoms with Crippen LogP contribution in [-0.4, -0.2) is 47.0 Å². The number of pyridine rings is 1. The van der Waals surface area contributed by atoms with E-state index in [1.54, 1.807) is 18.3 Å². The monoisotopic (exact) mass is 482 g/mol. The van der Waals surface area contributed by atoms with E-state index >= 15 is 0 Å². The van der Waals surface area contributed by atoms with Crippen LogP contribution < -0.4 is 20.3 Å². The summed E-state index contributed by atoms with van der Waals surface area (Å²) in [6, 6.07) is 13.2. The van der Waals surface area contributed by atoms with Crippen molar-refractivity contribution in [2.75, 3.05) is 24.3 Å². The highest BCUT2D eigenvalue weighted by Crippen LogP contribution is 2.25. The van der Waals surface area contributed by atoms with Crippen LogP contribution >= 0.6 is 12.4 Å². The number of aromatic nitrogens is 3. The number of carbonyl (C=O) groups excluding carboxylic acids is 1. The smallest absolute Gasteiger partial charge is 0.257 e. The molecule has 0 saturated heterocycles. The number of carbonyl (C=O) groups is 1. The van der Waals surface area contributed by atoms with E-state index in [0.29, 0.717) is 23.1 Å². The molecule has 2 N–H and O–H groups in total. The van der Waals surface area contributed by atoms with Gasteiger partial charge in [-0.25, -0.2) is 9.97 Å². The van der Waals surface area contributed by atoms with Crippen LogP contribution in [0.4, 0.5) is 11.8 Å². The van der Waals surface area contributed by atoms with Crippen LogP contribution in [0.1, 0.15) is 41.6 Å². The molecule has 0 spiro atoms. The standard InChI is InChI=1S/C25H30N6O2.ClH/c1-17-16-27-25(30-22(17)31(2)3)29-19-13-11-18(12-14-19)28-23(32)21-10-7-15-26-24(21)33-20-8-5-4-6-9-20;/h4-10,15-16,18-19H,11-14H2,1-3H3,(H,28,32)(H,27,29,30);1H/t18-,19+;. The summed E-state index contributed by atoms with van der Waals surface area (Å²) in [5.74, 6) is 2.36. The van der Waals surface area contributed by atoms with Gasteiger partial charge in [0.05, 0.1) is 0 Å². The molecule has 180 valence electrons. The largest absolute Gasteiger partial charge is 0.438 e. The highest BCUT2D eigenvalue weighted by Gasteiger charge is 2.25. The fraction of sp³-hybridized carbons (Fsp3) is 0.360. The summed E-state index contributed by atoms with van der Waals surface area (Å²) in [4.78, 5) is 28.3. The van der Waals surface area contributed by atoms with Gasteiger partial charge in [0, 0.05) is 44.1 Å². The molecule has 0 aliphatic heterocycles. The minimum Gasteiger partial charge on any atom is -0.438 e. The van der Waals surface area contributed by atoms with Crippen molar-refractivity contribution in [2.45, 2.75) is 44.7 Å². The molecular formula is C25H31ClN6O2. The Labute approximate surface area is 206 Å². The zero-order valence-corrected chi connectivity index (χ0v) is 20.5. The average molecular weight is 483 g/mol. The van der Waals surface area contributed by atoms with E-state index < -0.39 is 0 Å². The molecule has 8 nitrogen and oxygen atoms in total. The predicted octanol–water partition coefficient (Wildman–Crippen LogP) is 4.61. The van der Waals surface area contributed by atoms with Gasteiger partial charge in [-0.15, -0.1) is 12.4 Å². The molecule has 1 saturated carbocycles. The number of hydrogen-bond acceptors (Lipinski definition) is 7. The molecule has 0 bridgehead atoms. The lowest BCUT2D eigenvalue weighted by molar-refractivity contribution is 0.0923. The topological polar surface area (TPSA) is 92.3 Å². The molecule has 34 heavy (non-hydrogen) atoms. The molecule has 1 amide bonds. The summed E-state index contributed by atoms with van der Waals surface area (Å²) in [6.45, 7) is 2.01. The van der Waals surface area contributed by atoms with Gasteiger partial charge in [0.25, 0.3) is 5.91 Å². The van der Waals surface area contributed by atoms with Crippen LogP contribution in [0.15, 0.2) is 54.9 Å². The first-order chi connectivity index (χ1) is 16.0. The van der Waals surface area contributed by atoms with E-state index in [-0.39, 0.29) is 30.4 Å². The molecule has 0 unspecified atom stereocenters. The van der Waals surface area contributed by atoms with Gasteiger partial charge in [0.15, 0.2) is 0 Å². The lowest BCUT2D eigenvalue weighted by Gasteiger charge is -2.30. The van der Waals surface area contributed by atoms with Crippen LogP contribution in [0.2, 0.25) is 0 Å². The second-order valence-corrected chi connectivity index (χ2v) is 8.53. The molecule has 1 fully saturated rings. The number of aryl methyl sites for hydroxylation is 1. The minimum absolute atomic E-state index is 0. The first kappa shape index (κ1) is 25.2. The Morgan fingerprint density at radius 1 is 1.00 bits per heavy atom. The fourth-order valence-corrected chi connectivity index (χ4v) is 4.03. The van der Waals surface area contributed by atoms with Gasteiger partial charge < -0.3 is 20.3 Å². The summed E-state index contributed by atoms with van der Waals surface area (Å²) in [5.41, 5.74) is 1.48. The number of para-hydroxylation sites is 1. The Morgan fingerprint density at radius 3 is 2.41 bits per heavy atom. The Hall–Kier alpha value is -3.39. The molecule has 1 aliphatic rings. The number of ether oxygens (including phenoxy) is 1. The quantitative estimate of drug-likeness (QED) is 0.507. The lowest BCUT2D eigenvalue weighted by atomic mass is 9.91. The van der Waals surface area contributed by atoms with Crippen LogP contribution in [0, 0.1) is 6.92 Å². The van der Waals surface area contributed by atoms with Crippen molar-refractivity contribution in [1.82, 2.24) is 20.3 Å². The summed E-state index contributed by atoms with van der Waals surface area (Å²) in [5, 5.41) is 6.61. The van der Waals surface area contributed by atoms with Crippen molar-refractivity contribution < 1.29 is 9.53 Å². The van der Waals surface area contributed by atoms with Gasteiger partial charge in [-0.05, 0) is 56.9 Å². The highest BCUT2D eigenvalue weighted by molar-refractivity contribution is 5.96. The van der Waals surface area contributed by atoms with Gasteiger partial charge in [-0.3, -0.25) is 4.79 Å². The van der Waals surface area contributed by atoms with Crippen LogP contribution in [0.25, 0.3) is 0 Å². The Bertz CT molecular complexity index is 1090. The molecule has 9 heteroatoms. The second kappa shape index (κ2) is 11.7. The number of halogens is 1. The molecule has 0 radical (unpaired) electrons. The predicted molar refractivity (Wildman–Crippen MR) is 136 cm³/mol. The normalized spacial score (nSPS) is 17.3. The number of nitrogens with zero attached hydrogens (tertiary/aromatic N) is 4. The number of anilines is 2. The van der Waals surface area contributed by atoms with E-state index in [1.807, 2.05) is 62.4 Å². The fourth-order valence-electron chi connectivity index (χ4n) is 4.03. The minimum atomic E-state index is -0.164. The third-order valence-electron chi connectivity index (χ3n) is 5.74. The van der Waals surface area contributed by atoms with Gasteiger partial charge in [-0.1, -0.05) is 18.2 Å². The maximum atomic E-state index is 13.0. The molecule has 3 aromatic rings. The van der Waals surface area contributed by atoms with Crippen molar-refractivity contribution in [3.8, 4) is 11.6 Å². The van der Waals surface area contributed by atoms with Gasteiger partial charge in [0.2, 0.25) is 11.8 Å². The third-order valence-corrected chi connectivity index (χ3v) is 5.74. The van der Waals surface area contributed by atoms with Gasteiger partial charge >= 0.3 is 0 Å². The average Bonchev–Trinajstić information content (AvgIpc) is 2.82. The van der Waals surface area contributed by atoms with E-state index in [1.165, 1.54) is 0 Å². The molecule has 4 rings (SSSR count). The van der Waals surface area contributed by atoms with Gasteiger partial charge in [-0.2, -0.15) is 4.98 Å². The Morgan fingerprint density at radius 2 is 1.71 bits per heavy atom. The van der Waals surface area contributed by atoms with Crippen LogP contribution in [0.5, 0.6) is 11.6 Å².